The van der Waals surface area contributed by atoms with Crippen molar-refractivity contribution in [1.29, 1.82) is 0 Å². The third-order valence-corrected chi connectivity index (χ3v) is 4.54. The van der Waals surface area contributed by atoms with Gasteiger partial charge in [0.2, 0.25) is 0 Å². The highest BCUT2D eigenvalue weighted by atomic mass is 79.9. The van der Waals surface area contributed by atoms with E-state index >= 15 is 0 Å². The number of hydrogen-bond acceptors (Lipinski definition) is 3. The van der Waals surface area contributed by atoms with Gasteiger partial charge in [-0.1, -0.05) is 34.1 Å². The maximum absolute atomic E-state index is 12.9. The number of rotatable bonds is 4. The van der Waals surface area contributed by atoms with Gasteiger partial charge in [-0.3, -0.25) is 4.79 Å². The molecule has 0 aliphatic carbocycles. The van der Waals surface area contributed by atoms with E-state index < -0.39 is 6.04 Å². The number of benzene rings is 2. The number of urea groups is 1. The highest BCUT2D eigenvalue weighted by Gasteiger charge is 2.33. The molecule has 0 unspecified atom stereocenters. The van der Waals surface area contributed by atoms with Crippen LogP contribution in [0.4, 0.5) is 10.5 Å². The highest BCUT2D eigenvalue weighted by Crippen LogP contribution is 2.35. The van der Waals surface area contributed by atoms with Gasteiger partial charge in [-0.05, 0) is 37.3 Å². The van der Waals surface area contributed by atoms with Crippen LogP contribution in [0.2, 0.25) is 0 Å². The Morgan fingerprint density at radius 1 is 1.19 bits per heavy atom. The first-order chi connectivity index (χ1) is 12.5. The predicted molar refractivity (Wildman–Crippen MR) is 103 cm³/mol. The zero-order valence-corrected chi connectivity index (χ0v) is 15.9. The molecule has 0 bridgehead atoms. The fourth-order valence-electron chi connectivity index (χ4n) is 2.88. The summed E-state index contributed by atoms with van der Waals surface area (Å²) in [6.07, 6.45) is 0. The van der Waals surface area contributed by atoms with Crippen LogP contribution in [-0.2, 0) is 4.79 Å². The molecule has 3 rings (SSSR count). The van der Waals surface area contributed by atoms with Crippen molar-refractivity contribution in [3.63, 3.8) is 0 Å². The van der Waals surface area contributed by atoms with Crippen molar-refractivity contribution in [1.82, 2.24) is 10.6 Å². The summed E-state index contributed by atoms with van der Waals surface area (Å²) in [5, 5.41) is 8.34. The van der Waals surface area contributed by atoms with Crippen molar-refractivity contribution in [3.05, 3.63) is 69.8 Å². The van der Waals surface area contributed by atoms with Crippen LogP contribution in [0, 0.1) is 0 Å². The minimum atomic E-state index is -0.639. The van der Waals surface area contributed by atoms with Crippen molar-refractivity contribution < 1.29 is 14.3 Å². The van der Waals surface area contributed by atoms with Crippen LogP contribution in [0.5, 0.6) is 5.75 Å². The SMILES string of the molecule is COc1ccc(Br)cc1[C@@H]1NC(=O)NC(C)=C1C(=O)Nc1ccccc1. The second-order valence-electron chi connectivity index (χ2n) is 5.78. The third-order valence-electron chi connectivity index (χ3n) is 4.05. The van der Waals surface area contributed by atoms with E-state index in [-0.39, 0.29) is 11.9 Å². The van der Waals surface area contributed by atoms with Crippen LogP contribution in [-0.4, -0.2) is 19.0 Å². The van der Waals surface area contributed by atoms with Gasteiger partial charge in [0.15, 0.2) is 0 Å². The monoisotopic (exact) mass is 415 g/mol. The van der Waals surface area contributed by atoms with Gasteiger partial charge in [0.1, 0.15) is 5.75 Å². The third kappa shape index (κ3) is 3.72. The van der Waals surface area contributed by atoms with Crippen molar-refractivity contribution in [3.8, 4) is 5.75 Å². The van der Waals surface area contributed by atoms with Crippen LogP contribution in [0.15, 0.2) is 64.3 Å². The predicted octanol–water partition coefficient (Wildman–Crippen LogP) is 3.72. The van der Waals surface area contributed by atoms with E-state index in [1.165, 1.54) is 0 Å². The van der Waals surface area contributed by atoms with Crippen LogP contribution in [0.25, 0.3) is 0 Å². The van der Waals surface area contributed by atoms with Crippen molar-refractivity contribution in [2.24, 2.45) is 0 Å². The number of methoxy groups -OCH3 is 1. The lowest BCUT2D eigenvalue weighted by Crippen LogP contribution is -2.46. The van der Waals surface area contributed by atoms with Crippen LogP contribution in [0.1, 0.15) is 18.5 Å². The van der Waals surface area contributed by atoms with Gasteiger partial charge in [-0.2, -0.15) is 0 Å². The molecule has 0 radical (unpaired) electrons. The molecule has 7 heteroatoms. The number of hydrogen-bond donors (Lipinski definition) is 3. The zero-order chi connectivity index (χ0) is 18.7. The molecule has 134 valence electrons. The first-order valence-electron chi connectivity index (χ1n) is 7.97. The van der Waals surface area contributed by atoms with Gasteiger partial charge in [0.05, 0.1) is 18.7 Å². The van der Waals surface area contributed by atoms with E-state index in [0.717, 1.165) is 4.47 Å². The standard InChI is InChI=1S/C19H18BrN3O3/c1-11-16(18(24)22-13-6-4-3-5-7-13)17(23-19(25)21-11)14-10-12(20)8-9-15(14)26-2/h3-10,17H,1-2H3,(H,22,24)(H2,21,23,25)/t17-/m0/s1. The van der Waals surface area contributed by atoms with Gasteiger partial charge in [0.25, 0.3) is 5.91 Å². The van der Waals surface area contributed by atoms with Gasteiger partial charge < -0.3 is 20.7 Å². The molecule has 3 amide bonds. The number of nitrogens with one attached hydrogen (secondary N) is 3. The molecular formula is C19H18BrN3O3. The van der Waals surface area contributed by atoms with E-state index in [1.807, 2.05) is 30.3 Å². The van der Waals surface area contributed by atoms with E-state index in [0.29, 0.717) is 28.3 Å². The molecule has 2 aromatic carbocycles. The van der Waals surface area contributed by atoms with E-state index in [1.54, 1.807) is 32.2 Å². The van der Waals surface area contributed by atoms with Crippen LogP contribution in [0.3, 0.4) is 0 Å². The van der Waals surface area contributed by atoms with E-state index in [2.05, 4.69) is 31.9 Å². The molecule has 6 nitrogen and oxygen atoms in total. The maximum atomic E-state index is 12.9. The number of carbonyl (C=O) groups excluding carboxylic acids is 2. The molecule has 2 aromatic rings. The summed E-state index contributed by atoms with van der Waals surface area (Å²) in [6, 6.07) is 13.6. The average molecular weight is 416 g/mol. The number of anilines is 1. The normalized spacial score (nSPS) is 16.6. The minimum absolute atomic E-state index is 0.298. The molecule has 0 saturated carbocycles. The van der Waals surface area contributed by atoms with Crippen LogP contribution >= 0.6 is 15.9 Å². The Morgan fingerprint density at radius 2 is 1.92 bits per heavy atom. The zero-order valence-electron chi connectivity index (χ0n) is 14.3. The van der Waals surface area contributed by atoms with Crippen molar-refractivity contribution >= 4 is 33.6 Å². The molecule has 0 spiro atoms. The summed E-state index contributed by atoms with van der Waals surface area (Å²) in [5.74, 6) is 0.284. The molecule has 3 N–H and O–H groups in total. The van der Waals surface area contributed by atoms with E-state index in [4.69, 9.17) is 4.74 Å². The molecule has 0 fully saturated rings. The first-order valence-corrected chi connectivity index (χ1v) is 8.77. The molecule has 1 atom stereocenters. The lowest BCUT2D eigenvalue weighted by Gasteiger charge is -2.29. The summed E-state index contributed by atoms with van der Waals surface area (Å²) in [4.78, 5) is 25.0. The molecular weight excluding hydrogens is 398 g/mol. The molecule has 26 heavy (non-hydrogen) atoms. The molecule has 1 aliphatic heterocycles. The summed E-state index contributed by atoms with van der Waals surface area (Å²) >= 11 is 3.43. The second-order valence-corrected chi connectivity index (χ2v) is 6.69. The number of carbonyl (C=O) groups is 2. The number of amides is 3. The minimum Gasteiger partial charge on any atom is -0.496 e. The Hall–Kier alpha value is -2.80. The Kier molecular flexibility index (Phi) is 5.27. The van der Waals surface area contributed by atoms with E-state index in [9.17, 15) is 9.59 Å². The average Bonchev–Trinajstić information content (AvgIpc) is 2.61. The smallest absolute Gasteiger partial charge is 0.319 e. The van der Waals surface area contributed by atoms with Crippen molar-refractivity contribution in [2.75, 3.05) is 12.4 Å². The summed E-state index contributed by atoms with van der Waals surface area (Å²) < 4.78 is 6.24. The Morgan fingerprint density at radius 3 is 2.62 bits per heavy atom. The fraction of sp³-hybridized carbons (Fsp3) is 0.158. The highest BCUT2D eigenvalue weighted by molar-refractivity contribution is 9.10. The van der Waals surface area contributed by atoms with Crippen molar-refractivity contribution in [2.45, 2.75) is 13.0 Å². The Bertz CT molecular complexity index is 881. The Labute approximate surface area is 159 Å². The number of para-hydroxylation sites is 1. The van der Waals surface area contributed by atoms with Gasteiger partial charge in [0, 0.05) is 21.4 Å². The summed E-state index contributed by atoms with van der Waals surface area (Å²) in [7, 11) is 1.55. The lowest BCUT2D eigenvalue weighted by atomic mass is 9.94. The number of halogens is 1. The lowest BCUT2D eigenvalue weighted by molar-refractivity contribution is -0.113. The summed E-state index contributed by atoms with van der Waals surface area (Å²) in [5.41, 5.74) is 2.28. The quantitative estimate of drug-likeness (QED) is 0.711. The van der Waals surface area contributed by atoms with Gasteiger partial charge in [-0.15, -0.1) is 0 Å². The molecule has 1 heterocycles. The number of allylic oxidation sites excluding steroid dienone is 1. The molecule has 0 saturated heterocycles. The second kappa shape index (κ2) is 7.61. The van der Waals surface area contributed by atoms with Gasteiger partial charge in [-0.25, -0.2) is 4.79 Å². The first kappa shape index (κ1) is 18.0. The number of ether oxygens (including phenoxy) is 1. The van der Waals surface area contributed by atoms with Crippen LogP contribution < -0.4 is 20.7 Å². The maximum Gasteiger partial charge on any atom is 0.319 e. The largest absolute Gasteiger partial charge is 0.496 e. The fourth-order valence-corrected chi connectivity index (χ4v) is 3.26. The Balaban J connectivity index is 2.02. The molecule has 1 aliphatic rings. The summed E-state index contributed by atoms with van der Waals surface area (Å²) in [6.45, 7) is 1.70. The molecule has 0 aromatic heterocycles. The topological polar surface area (TPSA) is 79.5 Å². The van der Waals surface area contributed by atoms with Gasteiger partial charge >= 0.3 is 6.03 Å².